The molecule has 0 bridgehead atoms. The van der Waals surface area contributed by atoms with E-state index in [1.165, 1.54) is 4.88 Å². The third kappa shape index (κ3) is 4.08. The van der Waals surface area contributed by atoms with Gasteiger partial charge in [0.2, 0.25) is 0 Å². The lowest BCUT2D eigenvalue weighted by molar-refractivity contribution is 0.104. The smallest absolute Gasteiger partial charge is 0.185 e. The standard InChI is InChI=1S/C19H22O2S/c1-12(2)9-17-6-5-16(22-17)7-8-18(20)15-10-13(3)19(21)14(4)11-15/h5-8,10-12,21H,9H2,1-4H3. The molecule has 0 saturated carbocycles. The number of ketones is 1. The monoisotopic (exact) mass is 314 g/mol. The van der Waals surface area contributed by atoms with Gasteiger partial charge in [0, 0.05) is 15.3 Å². The van der Waals surface area contributed by atoms with Crippen molar-refractivity contribution in [2.45, 2.75) is 34.1 Å². The summed E-state index contributed by atoms with van der Waals surface area (Å²) in [7, 11) is 0. The van der Waals surface area contributed by atoms with Crippen molar-refractivity contribution < 1.29 is 9.90 Å². The van der Waals surface area contributed by atoms with E-state index in [1.54, 1.807) is 43.4 Å². The van der Waals surface area contributed by atoms with E-state index in [4.69, 9.17) is 0 Å². The van der Waals surface area contributed by atoms with Gasteiger partial charge in [0.05, 0.1) is 0 Å². The van der Waals surface area contributed by atoms with E-state index in [-0.39, 0.29) is 11.5 Å². The highest BCUT2D eigenvalue weighted by Gasteiger charge is 2.08. The first-order chi connectivity index (χ1) is 10.4. The quantitative estimate of drug-likeness (QED) is 0.611. The fraction of sp³-hybridized carbons (Fsp3) is 0.316. The van der Waals surface area contributed by atoms with E-state index >= 15 is 0 Å². The van der Waals surface area contributed by atoms with Crippen LogP contribution < -0.4 is 0 Å². The molecule has 1 N–H and O–H groups in total. The molecule has 0 aliphatic rings. The molecule has 116 valence electrons. The molecule has 0 aliphatic carbocycles. The van der Waals surface area contributed by atoms with Gasteiger partial charge in [-0.15, -0.1) is 11.3 Å². The number of aryl methyl sites for hydroxylation is 2. The van der Waals surface area contributed by atoms with Crippen LogP contribution in [0.4, 0.5) is 0 Å². The molecule has 1 aromatic carbocycles. The summed E-state index contributed by atoms with van der Waals surface area (Å²) in [6.45, 7) is 8.02. The van der Waals surface area contributed by atoms with Crippen LogP contribution in [0.25, 0.3) is 6.08 Å². The molecule has 1 heterocycles. The lowest BCUT2D eigenvalue weighted by atomic mass is 10.0. The lowest BCUT2D eigenvalue weighted by Gasteiger charge is -2.05. The summed E-state index contributed by atoms with van der Waals surface area (Å²) in [6, 6.07) is 7.64. The summed E-state index contributed by atoms with van der Waals surface area (Å²) in [4.78, 5) is 14.7. The van der Waals surface area contributed by atoms with Crippen molar-refractivity contribution in [1.29, 1.82) is 0 Å². The van der Waals surface area contributed by atoms with Crippen LogP contribution in [-0.2, 0) is 6.42 Å². The van der Waals surface area contributed by atoms with Crippen LogP contribution in [-0.4, -0.2) is 10.9 Å². The molecule has 0 atom stereocenters. The van der Waals surface area contributed by atoms with Crippen LogP contribution in [0.1, 0.15) is 45.1 Å². The number of hydrogen-bond donors (Lipinski definition) is 1. The average molecular weight is 314 g/mol. The lowest BCUT2D eigenvalue weighted by Crippen LogP contribution is -1.96. The number of benzene rings is 1. The summed E-state index contributed by atoms with van der Waals surface area (Å²) in [6.07, 6.45) is 4.55. The first-order valence-electron chi connectivity index (χ1n) is 7.48. The van der Waals surface area contributed by atoms with Crippen molar-refractivity contribution in [2.75, 3.05) is 0 Å². The van der Waals surface area contributed by atoms with Gasteiger partial charge < -0.3 is 5.11 Å². The second-order valence-electron chi connectivity index (χ2n) is 6.06. The molecule has 0 saturated heterocycles. The number of allylic oxidation sites excluding steroid dienone is 1. The Balaban J connectivity index is 2.13. The van der Waals surface area contributed by atoms with E-state index in [9.17, 15) is 9.90 Å². The van der Waals surface area contributed by atoms with Crippen LogP contribution in [0.15, 0.2) is 30.3 Å². The molecule has 0 aliphatic heterocycles. The first-order valence-corrected chi connectivity index (χ1v) is 8.30. The minimum absolute atomic E-state index is 0.0370. The maximum Gasteiger partial charge on any atom is 0.185 e. The molecule has 2 nitrogen and oxygen atoms in total. The molecule has 0 unspecified atom stereocenters. The van der Waals surface area contributed by atoms with Crippen LogP contribution in [0.2, 0.25) is 0 Å². The maximum absolute atomic E-state index is 12.3. The minimum Gasteiger partial charge on any atom is -0.507 e. The Bertz CT molecular complexity index is 685. The molecule has 3 heteroatoms. The average Bonchev–Trinajstić information content (AvgIpc) is 2.88. The van der Waals surface area contributed by atoms with Gasteiger partial charge in [0.25, 0.3) is 0 Å². The number of phenols is 1. The van der Waals surface area contributed by atoms with Crippen molar-refractivity contribution in [3.8, 4) is 5.75 Å². The Labute approximate surface area is 136 Å². The second-order valence-corrected chi connectivity index (χ2v) is 7.26. The van der Waals surface area contributed by atoms with E-state index in [0.717, 1.165) is 22.4 Å². The molecule has 2 rings (SSSR count). The number of phenolic OH excluding ortho intramolecular Hbond substituents is 1. The molecule has 0 spiro atoms. The predicted molar refractivity (Wildman–Crippen MR) is 93.8 cm³/mol. The molecule has 2 aromatic rings. The van der Waals surface area contributed by atoms with Crippen LogP contribution in [0.3, 0.4) is 0 Å². The summed E-state index contributed by atoms with van der Waals surface area (Å²) in [5, 5.41) is 9.77. The maximum atomic E-state index is 12.3. The third-order valence-electron chi connectivity index (χ3n) is 3.47. The Morgan fingerprint density at radius 2 is 1.86 bits per heavy atom. The Kier molecular flexibility index (Phi) is 5.19. The predicted octanol–water partition coefficient (Wildman–Crippen LogP) is 5.17. The van der Waals surface area contributed by atoms with Gasteiger partial charge in [-0.2, -0.15) is 0 Å². The fourth-order valence-corrected chi connectivity index (χ4v) is 3.48. The summed E-state index contributed by atoms with van der Waals surface area (Å²) >= 11 is 1.73. The van der Waals surface area contributed by atoms with Gasteiger partial charge >= 0.3 is 0 Å². The van der Waals surface area contributed by atoms with E-state index in [1.807, 2.05) is 6.08 Å². The van der Waals surface area contributed by atoms with Gasteiger partial charge in [-0.05, 0) is 73.7 Å². The second kappa shape index (κ2) is 6.93. The van der Waals surface area contributed by atoms with Crippen molar-refractivity contribution in [3.05, 3.63) is 56.8 Å². The van der Waals surface area contributed by atoms with Crippen LogP contribution >= 0.6 is 11.3 Å². The third-order valence-corrected chi connectivity index (χ3v) is 4.54. The van der Waals surface area contributed by atoms with Gasteiger partial charge in [-0.25, -0.2) is 0 Å². The molecular weight excluding hydrogens is 292 g/mol. The van der Waals surface area contributed by atoms with Crippen molar-refractivity contribution in [1.82, 2.24) is 0 Å². The number of carbonyl (C=O) groups excluding carboxylic acids is 1. The normalized spacial score (nSPS) is 11.5. The minimum atomic E-state index is -0.0370. The van der Waals surface area contributed by atoms with Crippen molar-refractivity contribution in [3.63, 3.8) is 0 Å². The fourth-order valence-electron chi connectivity index (χ4n) is 2.35. The molecule has 0 amide bonds. The number of rotatable bonds is 5. The first kappa shape index (κ1) is 16.5. The Morgan fingerprint density at radius 3 is 2.45 bits per heavy atom. The summed E-state index contributed by atoms with van der Waals surface area (Å²) < 4.78 is 0. The Morgan fingerprint density at radius 1 is 1.23 bits per heavy atom. The van der Waals surface area contributed by atoms with Gasteiger partial charge in [0.1, 0.15) is 5.75 Å². The molecule has 0 radical (unpaired) electrons. The number of thiophene rings is 1. The van der Waals surface area contributed by atoms with E-state index in [2.05, 4.69) is 26.0 Å². The Hall–Kier alpha value is -1.87. The summed E-state index contributed by atoms with van der Waals surface area (Å²) in [5.41, 5.74) is 2.07. The van der Waals surface area contributed by atoms with Crippen molar-refractivity contribution in [2.24, 2.45) is 5.92 Å². The SMILES string of the molecule is Cc1cc(C(=O)C=Cc2ccc(CC(C)C)s2)cc(C)c1O. The van der Waals surface area contributed by atoms with Gasteiger partial charge in [-0.3, -0.25) is 4.79 Å². The van der Waals surface area contributed by atoms with Crippen LogP contribution in [0, 0.1) is 19.8 Å². The largest absolute Gasteiger partial charge is 0.507 e. The van der Waals surface area contributed by atoms with E-state index < -0.39 is 0 Å². The highest BCUT2D eigenvalue weighted by Crippen LogP contribution is 2.24. The highest BCUT2D eigenvalue weighted by atomic mass is 32.1. The zero-order valence-corrected chi connectivity index (χ0v) is 14.3. The topological polar surface area (TPSA) is 37.3 Å². The van der Waals surface area contributed by atoms with Gasteiger partial charge in [-0.1, -0.05) is 13.8 Å². The zero-order chi connectivity index (χ0) is 16.3. The van der Waals surface area contributed by atoms with Crippen molar-refractivity contribution >= 4 is 23.2 Å². The highest BCUT2D eigenvalue weighted by molar-refractivity contribution is 7.12. The molecule has 0 fully saturated rings. The van der Waals surface area contributed by atoms with E-state index in [0.29, 0.717) is 11.5 Å². The van der Waals surface area contributed by atoms with Crippen LogP contribution in [0.5, 0.6) is 5.75 Å². The molecule has 1 aromatic heterocycles. The zero-order valence-electron chi connectivity index (χ0n) is 13.5. The number of carbonyl (C=O) groups is 1. The van der Waals surface area contributed by atoms with Gasteiger partial charge in [0.15, 0.2) is 5.78 Å². The molecular formula is C19H22O2S. The number of hydrogen-bond acceptors (Lipinski definition) is 3. The molecule has 22 heavy (non-hydrogen) atoms. The summed E-state index contributed by atoms with van der Waals surface area (Å²) in [5.74, 6) is 0.863. The number of aromatic hydroxyl groups is 1.